The first-order valence-electron chi connectivity index (χ1n) is 9.74. The zero-order chi connectivity index (χ0) is 19.1. The van der Waals surface area contributed by atoms with E-state index in [1.54, 1.807) is 12.1 Å². The average molecular weight is 438 g/mol. The van der Waals surface area contributed by atoms with E-state index in [1.165, 1.54) is 6.07 Å². The largest absolute Gasteiger partial charge is 0.365 e. The lowest BCUT2D eigenvalue weighted by atomic mass is 10.1. The summed E-state index contributed by atoms with van der Waals surface area (Å²) >= 11 is 3.51. The number of benzene rings is 1. The molecule has 0 spiro atoms. The second-order valence-electron chi connectivity index (χ2n) is 7.46. The SMILES string of the molecule is CN1CCN(CC#CCOC2CCN(Cc3cc(F)ccc3Br)CC2)CC1. The summed E-state index contributed by atoms with van der Waals surface area (Å²) in [6.45, 7) is 8.55. The lowest BCUT2D eigenvalue weighted by Crippen LogP contribution is -2.44. The molecule has 0 atom stereocenters. The average Bonchev–Trinajstić information content (AvgIpc) is 2.67. The van der Waals surface area contributed by atoms with Gasteiger partial charge in [0, 0.05) is 50.3 Å². The van der Waals surface area contributed by atoms with E-state index in [4.69, 9.17) is 4.74 Å². The highest BCUT2D eigenvalue weighted by molar-refractivity contribution is 9.10. The molecule has 2 heterocycles. The number of piperidine rings is 1. The number of halogens is 2. The van der Waals surface area contributed by atoms with Gasteiger partial charge in [-0.15, -0.1) is 0 Å². The van der Waals surface area contributed by atoms with Gasteiger partial charge in [-0.25, -0.2) is 4.39 Å². The molecule has 0 bridgehead atoms. The van der Waals surface area contributed by atoms with E-state index >= 15 is 0 Å². The van der Waals surface area contributed by atoms with E-state index in [0.29, 0.717) is 6.61 Å². The molecule has 1 aromatic carbocycles. The second-order valence-corrected chi connectivity index (χ2v) is 8.31. The molecule has 0 saturated carbocycles. The van der Waals surface area contributed by atoms with E-state index in [9.17, 15) is 4.39 Å². The second kappa shape index (κ2) is 10.5. The summed E-state index contributed by atoms with van der Waals surface area (Å²) in [5.41, 5.74) is 1.00. The standard InChI is InChI=1S/C21H29BrFN3O/c1-24-11-13-25(14-12-24)8-2-3-15-27-20-6-9-26(10-7-20)17-18-16-19(23)4-5-21(18)22/h4-5,16,20H,6-15,17H2,1H3. The van der Waals surface area contributed by atoms with Gasteiger partial charge < -0.3 is 9.64 Å². The van der Waals surface area contributed by atoms with Crippen LogP contribution in [0.3, 0.4) is 0 Å². The minimum atomic E-state index is -0.179. The third-order valence-corrected chi connectivity index (χ3v) is 6.12. The number of nitrogens with zero attached hydrogens (tertiary/aromatic N) is 3. The zero-order valence-corrected chi connectivity index (χ0v) is 17.7. The molecule has 148 valence electrons. The van der Waals surface area contributed by atoms with Gasteiger partial charge in [0.25, 0.3) is 0 Å². The van der Waals surface area contributed by atoms with Crippen molar-refractivity contribution in [3.05, 3.63) is 34.1 Å². The van der Waals surface area contributed by atoms with Crippen LogP contribution in [0.25, 0.3) is 0 Å². The summed E-state index contributed by atoms with van der Waals surface area (Å²) in [5.74, 6) is 6.23. The van der Waals surface area contributed by atoms with Crippen LogP contribution in [-0.2, 0) is 11.3 Å². The van der Waals surface area contributed by atoms with Crippen molar-refractivity contribution in [2.45, 2.75) is 25.5 Å². The number of likely N-dealkylation sites (N-methyl/N-ethyl adjacent to an activating group) is 1. The molecule has 4 nitrogen and oxygen atoms in total. The smallest absolute Gasteiger partial charge is 0.123 e. The van der Waals surface area contributed by atoms with Gasteiger partial charge in [0.1, 0.15) is 12.4 Å². The molecule has 27 heavy (non-hydrogen) atoms. The molecule has 6 heteroatoms. The van der Waals surface area contributed by atoms with Crippen LogP contribution in [0.2, 0.25) is 0 Å². The third kappa shape index (κ3) is 6.85. The molecule has 0 N–H and O–H groups in total. The van der Waals surface area contributed by atoms with Crippen molar-refractivity contribution in [3.63, 3.8) is 0 Å². The fourth-order valence-corrected chi connectivity index (χ4v) is 3.90. The topological polar surface area (TPSA) is 19.0 Å². The van der Waals surface area contributed by atoms with Crippen molar-refractivity contribution in [2.24, 2.45) is 0 Å². The highest BCUT2D eigenvalue weighted by Crippen LogP contribution is 2.22. The lowest BCUT2D eigenvalue weighted by Gasteiger charge is -2.31. The van der Waals surface area contributed by atoms with Gasteiger partial charge in [-0.2, -0.15) is 0 Å². The highest BCUT2D eigenvalue weighted by atomic mass is 79.9. The molecule has 2 saturated heterocycles. The fraction of sp³-hybridized carbons (Fsp3) is 0.619. The van der Waals surface area contributed by atoms with Crippen LogP contribution in [0.4, 0.5) is 4.39 Å². The molecule has 0 aromatic heterocycles. The Morgan fingerprint density at radius 3 is 2.56 bits per heavy atom. The number of piperazine rings is 1. The molecule has 0 aliphatic carbocycles. The van der Waals surface area contributed by atoms with Crippen molar-refractivity contribution in [1.29, 1.82) is 0 Å². The highest BCUT2D eigenvalue weighted by Gasteiger charge is 2.20. The third-order valence-electron chi connectivity index (χ3n) is 5.35. The Kier molecular flexibility index (Phi) is 8.10. The molecular weight excluding hydrogens is 409 g/mol. The normalized spacial score (nSPS) is 20.4. The van der Waals surface area contributed by atoms with Crippen LogP contribution < -0.4 is 0 Å². The predicted octanol–water partition coefficient (Wildman–Crippen LogP) is 2.82. The first-order chi connectivity index (χ1) is 13.1. The first kappa shape index (κ1) is 20.8. The van der Waals surface area contributed by atoms with Crippen molar-refractivity contribution in [2.75, 3.05) is 59.5 Å². The molecule has 0 unspecified atom stereocenters. The Morgan fingerprint density at radius 1 is 1.07 bits per heavy atom. The van der Waals surface area contributed by atoms with Gasteiger partial charge in [0.05, 0.1) is 12.6 Å². The number of hydrogen-bond acceptors (Lipinski definition) is 4. The minimum Gasteiger partial charge on any atom is -0.365 e. The Hall–Kier alpha value is -0.970. The van der Waals surface area contributed by atoms with Crippen LogP contribution in [0.1, 0.15) is 18.4 Å². The Bertz CT molecular complexity index is 659. The van der Waals surface area contributed by atoms with Crippen LogP contribution >= 0.6 is 15.9 Å². The maximum atomic E-state index is 13.4. The van der Waals surface area contributed by atoms with E-state index < -0.39 is 0 Å². The lowest BCUT2D eigenvalue weighted by molar-refractivity contribution is 0.0225. The van der Waals surface area contributed by atoms with Crippen molar-refractivity contribution in [3.8, 4) is 11.8 Å². The summed E-state index contributed by atoms with van der Waals surface area (Å²) in [6, 6.07) is 4.88. The van der Waals surface area contributed by atoms with Gasteiger partial charge >= 0.3 is 0 Å². The fourth-order valence-electron chi connectivity index (χ4n) is 3.52. The van der Waals surface area contributed by atoms with Crippen molar-refractivity contribution >= 4 is 15.9 Å². The van der Waals surface area contributed by atoms with Gasteiger partial charge in [-0.3, -0.25) is 9.80 Å². The molecule has 3 rings (SSSR count). The number of rotatable bonds is 5. The predicted molar refractivity (Wildman–Crippen MR) is 110 cm³/mol. The van der Waals surface area contributed by atoms with E-state index in [0.717, 1.165) is 75.2 Å². The quantitative estimate of drug-likeness (QED) is 0.659. The van der Waals surface area contributed by atoms with Gasteiger partial charge in [-0.05, 0) is 43.7 Å². The first-order valence-corrected chi connectivity index (χ1v) is 10.5. The Morgan fingerprint density at radius 2 is 1.81 bits per heavy atom. The Balaban J connectivity index is 1.32. The zero-order valence-electron chi connectivity index (χ0n) is 16.1. The maximum Gasteiger partial charge on any atom is 0.123 e. The van der Waals surface area contributed by atoms with E-state index in [-0.39, 0.29) is 11.9 Å². The number of hydrogen-bond donors (Lipinski definition) is 0. The Labute approximate surface area is 170 Å². The number of ether oxygens (including phenoxy) is 1. The van der Waals surface area contributed by atoms with Crippen molar-refractivity contribution < 1.29 is 9.13 Å². The summed E-state index contributed by atoms with van der Waals surface area (Å²) in [4.78, 5) is 7.11. The molecular formula is C21H29BrFN3O. The summed E-state index contributed by atoms with van der Waals surface area (Å²) in [5, 5.41) is 0. The summed E-state index contributed by atoms with van der Waals surface area (Å²) in [6.07, 6.45) is 2.30. The molecule has 2 aliphatic rings. The minimum absolute atomic E-state index is 0.179. The number of likely N-dealkylation sites (tertiary alicyclic amines) is 1. The molecule has 2 fully saturated rings. The van der Waals surface area contributed by atoms with E-state index in [2.05, 4.69) is 49.5 Å². The summed E-state index contributed by atoms with van der Waals surface area (Å²) in [7, 11) is 2.17. The van der Waals surface area contributed by atoms with Crippen LogP contribution in [0, 0.1) is 17.7 Å². The van der Waals surface area contributed by atoms with Crippen LogP contribution in [0.5, 0.6) is 0 Å². The van der Waals surface area contributed by atoms with E-state index in [1.807, 2.05) is 0 Å². The van der Waals surface area contributed by atoms with Gasteiger partial charge in [-0.1, -0.05) is 27.8 Å². The molecule has 0 radical (unpaired) electrons. The van der Waals surface area contributed by atoms with Crippen molar-refractivity contribution in [1.82, 2.24) is 14.7 Å². The van der Waals surface area contributed by atoms with Gasteiger partial charge in [0.15, 0.2) is 0 Å². The summed E-state index contributed by atoms with van der Waals surface area (Å²) < 4.78 is 20.3. The maximum absolute atomic E-state index is 13.4. The van der Waals surface area contributed by atoms with Gasteiger partial charge in [0.2, 0.25) is 0 Å². The molecule has 2 aliphatic heterocycles. The monoisotopic (exact) mass is 437 g/mol. The van der Waals surface area contributed by atoms with Crippen LogP contribution in [-0.4, -0.2) is 80.3 Å². The molecule has 1 aromatic rings. The van der Waals surface area contributed by atoms with Crippen LogP contribution in [0.15, 0.2) is 22.7 Å². The molecule has 0 amide bonds.